The van der Waals surface area contributed by atoms with Crippen molar-refractivity contribution in [3.63, 3.8) is 0 Å². The molecule has 27 heavy (non-hydrogen) atoms. The molecule has 1 unspecified atom stereocenters. The molecule has 0 aliphatic carbocycles. The molecule has 0 radical (unpaired) electrons. The van der Waals surface area contributed by atoms with Gasteiger partial charge in [0.05, 0.1) is 17.8 Å². The summed E-state index contributed by atoms with van der Waals surface area (Å²) in [5.74, 6) is 1.71. The molecule has 1 N–H and O–H groups in total. The van der Waals surface area contributed by atoms with Crippen molar-refractivity contribution in [3.05, 3.63) is 24.2 Å². The second-order valence-corrected chi connectivity index (χ2v) is 9.35. The highest BCUT2D eigenvalue weighted by atomic mass is 32.2. The maximum absolute atomic E-state index is 12.4. The SMILES string of the molecule is CCCNC(=NCC1CCS(=O)(=O)C1)N1CCN(C(=O)c2ccco2)CC1. The number of carbonyl (C=O) groups excluding carboxylic acids is 1. The third kappa shape index (κ3) is 5.24. The molecule has 3 rings (SSSR count). The standard InChI is InChI=1S/C18H28N4O4S/c1-2-6-19-18(20-13-15-5-12-27(24,25)14-15)22-9-7-21(8-10-22)17(23)16-4-3-11-26-16/h3-4,11,15H,2,5-10,12-14H2,1H3,(H,19,20). The molecule has 2 aliphatic heterocycles. The van der Waals surface area contributed by atoms with Crippen LogP contribution in [-0.4, -0.2) is 80.9 Å². The Kier molecular flexibility index (Phi) is 6.41. The lowest BCUT2D eigenvalue weighted by Crippen LogP contribution is -2.54. The van der Waals surface area contributed by atoms with Crippen LogP contribution in [0.5, 0.6) is 0 Å². The Labute approximate surface area is 160 Å². The van der Waals surface area contributed by atoms with E-state index < -0.39 is 9.84 Å². The van der Waals surface area contributed by atoms with Crippen molar-refractivity contribution in [2.75, 3.05) is 50.8 Å². The first kappa shape index (κ1) is 19.7. The molecule has 150 valence electrons. The highest BCUT2D eigenvalue weighted by Crippen LogP contribution is 2.18. The van der Waals surface area contributed by atoms with E-state index in [0.29, 0.717) is 44.9 Å². The number of hydrogen-bond acceptors (Lipinski definition) is 5. The first-order valence-corrected chi connectivity index (χ1v) is 11.4. The summed E-state index contributed by atoms with van der Waals surface area (Å²) in [6, 6.07) is 3.40. The van der Waals surface area contributed by atoms with Crippen molar-refractivity contribution in [3.8, 4) is 0 Å². The monoisotopic (exact) mass is 396 g/mol. The molecule has 1 atom stereocenters. The van der Waals surface area contributed by atoms with Gasteiger partial charge in [0.15, 0.2) is 21.6 Å². The zero-order valence-electron chi connectivity index (χ0n) is 15.8. The molecule has 0 spiro atoms. The average molecular weight is 397 g/mol. The summed E-state index contributed by atoms with van der Waals surface area (Å²) in [7, 11) is -2.88. The number of hydrogen-bond donors (Lipinski definition) is 1. The number of guanidine groups is 1. The first-order valence-electron chi connectivity index (χ1n) is 9.55. The molecule has 1 aromatic heterocycles. The fraction of sp³-hybridized carbons (Fsp3) is 0.667. The van der Waals surface area contributed by atoms with Gasteiger partial charge in [-0.3, -0.25) is 9.79 Å². The summed E-state index contributed by atoms with van der Waals surface area (Å²) in [4.78, 5) is 21.0. The van der Waals surface area contributed by atoms with Gasteiger partial charge in [-0.15, -0.1) is 0 Å². The molecule has 2 aliphatic rings. The van der Waals surface area contributed by atoms with Crippen molar-refractivity contribution >= 4 is 21.7 Å². The van der Waals surface area contributed by atoms with E-state index in [1.165, 1.54) is 6.26 Å². The van der Waals surface area contributed by atoms with Crippen molar-refractivity contribution in [2.45, 2.75) is 19.8 Å². The number of carbonyl (C=O) groups is 1. The van der Waals surface area contributed by atoms with Crippen molar-refractivity contribution in [1.29, 1.82) is 0 Å². The van der Waals surface area contributed by atoms with Gasteiger partial charge in [-0.2, -0.15) is 0 Å². The predicted molar refractivity (Wildman–Crippen MR) is 104 cm³/mol. The molecule has 0 bridgehead atoms. The van der Waals surface area contributed by atoms with Gasteiger partial charge in [0.25, 0.3) is 5.91 Å². The summed E-state index contributed by atoms with van der Waals surface area (Å²) < 4.78 is 28.5. The Morgan fingerprint density at radius 1 is 1.30 bits per heavy atom. The lowest BCUT2D eigenvalue weighted by molar-refractivity contribution is 0.0657. The van der Waals surface area contributed by atoms with Gasteiger partial charge in [0.1, 0.15) is 0 Å². The number of nitrogens with zero attached hydrogens (tertiary/aromatic N) is 3. The van der Waals surface area contributed by atoms with Crippen LogP contribution in [0.1, 0.15) is 30.3 Å². The Balaban J connectivity index is 1.57. The van der Waals surface area contributed by atoms with Crippen LogP contribution in [0.4, 0.5) is 0 Å². The highest BCUT2D eigenvalue weighted by molar-refractivity contribution is 7.91. The third-order valence-corrected chi connectivity index (χ3v) is 6.79. The van der Waals surface area contributed by atoms with Gasteiger partial charge < -0.3 is 19.5 Å². The molecule has 8 nitrogen and oxygen atoms in total. The van der Waals surface area contributed by atoms with Gasteiger partial charge in [-0.25, -0.2) is 8.42 Å². The molecule has 0 saturated carbocycles. The maximum atomic E-state index is 12.4. The smallest absolute Gasteiger partial charge is 0.289 e. The quantitative estimate of drug-likeness (QED) is 0.585. The summed E-state index contributed by atoms with van der Waals surface area (Å²) in [6.45, 7) is 6.00. The van der Waals surface area contributed by atoms with E-state index in [9.17, 15) is 13.2 Å². The largest absolute Gasteiger partial charge is 0.459 e. The molecule has 0 aromatic carbocycles. The van der Waals surface area contributed by atoms with Crippen LogP contribution in [0.2, 0.25) is 0 Å². The minimum absolute atomic E-state index is 0.0872. The van der Waals surface area contributed by atoms with Crippen LogP contribution >= 0.6 is 0 Å². The number of nitrogens with one attached hydrogen (secondary N) is 1. The van der Waals surface area contributed by atoms with Gasteiger partial charge in [-0.05, 0) is 30.9 Å². The Morgan fingerprint density at radius 2 is 2.04 bits per heavy atom. The number of piperazine rings is 1. The van der Waals surface area contributed by atoms with E-state index in [4.69, 9.17) is 9.41 Å². The van der Waals surface area contributed by atoms with E-state index >= 15 is 0 Å². The lowest BCUT2D eigenvalue weighted by Gasteiger charge is -2.36. The average Bonchev–Trinajstić information content (AvgIpc) is 3.31. The van der Waals surface area contributed by atoms with Crippen LogP contribution in [-0.2, 0) is 9.84 Å². The summed E-state index contributed by atoms with van der Waals surface area (Å²) in [5, 5.41) is 3.36. The number of aliphatic imine (C=N–C) groups is 1. The minimum Gasteiger partial charge on any atom is -0.459 e. The summed E-state index contributed by atoms with van der Waals surface area (Å²) in [6.07, 6.45) is 3.18. The third-order valence-electron chi connectivity index (χ3n) is 4.96. The van der Waals surface area contributed by atoms with E-state index in [1.54, 1.807) is 17.0 Å². The first-order chi connectivity index (χ1) is 13.0. The van der Waals surface area contributed by atoms with Crippen LogP contribution in [0.15, 0.2) is 27.8 Å². The molecular formula is C18H28N4O4S. The van der Waals surface area contributed by atoms with Gasteiger partial charge >= 0.3 is 0 Å². The van der Waals surface area contributed by atoms with Gasteiger partial charge in [-0.1, -0.05) is 6.92 Å². The van der Waals surface area contributed by atoms with Crippen molar-refractivity contribution in [2.24, 2.45) is 10.9 Å². The summed E-state index contributed by atoms with van der Waals surface area (Å²) in [5.41, 5.74) is 0. The van der Waals surface area contributed by atoms with E-state index in [1.807, 2.05) is 0 Å². The van der Waals surface area contributed by atoms with E-state index in [-0.39, 0.29) is 23.3 Å². The van der Waals surface area contributed by atoms with Crippen molar-refractivity contribution in [1.82, 2.24) is 15.1 Å². The van der Waals surface area contributed by atoms with Crippen molar-refractivity contribution < 1.29 is 17.6 Å². The maximum Gasteiger partial charge on any atom is 0.289 e. The Bertz CT molecular complexity index is 752. The predicted octanol–water partition coefficient (Wildman–Crippen LogP) is 0.828. The lowest BCUT2D eigenvalue weighted by atomic mass is 10.1. The number of amides is 1. The van der Waals surface area contributed by atoms with Crippen LogP contribution in [0, 0.1) is 5.92 Å². The fourth-order valence-electron chi connectivity index (χ4n) is 3.41. The fourth-order valence-corrected chi connectivity index (χ4v) is 5.26. The Hall–Kier alpha value is -2.03. The zero-order valence-corrected chi connectivity index (χ0v) is 16.6. The van der Waals surface area contributed by atoms with Gasteiger partial charge in [0.2, 0.25) is 0 Å². The zero-order chi connectivity index (χ0) is 19.3. The second kappa shape index (κ2) is 8.77. The normalized spacial score (nSPS) is 22.9. The van der Waals surface area contributed by atoms with E-state index in [2.05, 4.69) is 17.1 Å². The van der Waals surface area contributed by atoms with Crippen LogP contribution < -0.4 is 5.32 Å². The molecule has 1 aromatic rings. The Morgan fingerprint density at radius 3 is 2.63 bits per heavy atom. The highest BCUT2D eigenvalue weighted by Gasteiger charge is 2.29. The second-order valence-electron chi connectivity index (χ2n) is 7.12. The van der Waals surface area contributed by atoms with Crippen LogP contribution in [0.3, 0.4) is 0 Å². The van der Waals surface area contributed by atoms with Gasteiger partial charge in [0, 0.05) is 39.3 Å². The molecule has 2 saturated heterocycles. The number of furan rings is 1. The summed E-state index contributed by atoms with van der Waals surface area (Å²) >= 11 is 0. The minimum atomic E-state index is -2.88. The molecular weight excluding hydrogens is 368 g/mol. The topological polar surface area (TPSA) is 95.2 Å². The number of sulfone groups is 1. The molecule has 3 heterocycles. The molecule has 1 amide bonds. The van der Waals surface area contributed by atoms with E-state index in [0.717, 1.165) is 18.9 Å². The van der Waals surface area contributed by atoms with Crippen LogP contribution in [0.25, 0.3) is 0 Å². The molecule has 9 heteroatoms. The molecule has 2 fully saturated rings. The number of rotatable bonds is 5.